The number of thioether (sulfide) groups is 1. The molecule has 0 radical (unpaired) electrons. The van der Waals surface area contributed by atoms with Crippen LogP contribution in [-0.2, 0) is 4.79 Å². The molecule has 0 atom stereocenters. The van der Waals surface area contributed by atoms with Gasteiger partial charge in [0.15, 0.2) is 0 Å². The Morgan fingerprint density at radius 1 is 1.32 bits per heavy atom. The van der Waals surface area contributed by atoms with E-state index in [1.165, 1.54) is 31.0 Å². The summed E-state index contributed by atoms with van der Waals surface area (Å²) in [5.74, 6) is 0.289. The van der Waals surface area contributed by atoms with E-state index in [0.29, 0.717) is 9.23 Å². The summed E-state index contributed by atoms with van der Waals surface area (Å²) in [5.41, 5.74) is 0.909. The van der Waals surface area contributed by atoms with Crippen LogP contribution >= 0.6 is 46.6 Å². The Hall–Kier alpha value is -0.600. The maximum absolute atomic E-state index is 12.7. The van der Waals surface area contributed by atoms with E-state index >= 15 is 0 Å². The Labute approximate surface area is 153 Å². The second kappa shape index (κ2) is 6.88. The summed E-state index contributed by atoms with van der Waals surface area (Å²) in [6.07, 6.45) is 7.58. The van der Waals surface area contributed by atoms with Gasteiger partial charge in [-0.15, -0.1) is 0 Å². The second-order valence-electron chi connectivity index (χ2n) is 5.55. The van der Waals surface area contributed by atoms with Crippen LogP contribution in [0.3, 0.4) is 0 Å². The number of phenols is 1. The predicted molar refractivity (Wildman–Crippen MR) is 103 cm³/mol. The van der Waals surface area contributed by atoms with Crippen LogP contribution in [0.2, 0.25) is 0 Å². The highest BCUT2D eigenvalue weighted by atomic mass is 127. The molecule has 1 aromatic carbocycles. The molecule has 0 aromatic heterocycles. The molecule has 1 saturated carbocycles. The Morgan fingerprint density at radius 2 is 2.05 bits per heavy atom. The van der Waals surface area contributed by atoms with Gasteiger partial charge < -0.3 is 5.11 Å². The van der Waals surface area contributed by atoms with Gasteiger partial charge in [0.1, 0.15) is 10.1 Å². The van der Waals surface area contributed by atoms with Crippen molar-refractivity contribution in [2.75, 3.05) is 0 Å². The number of benzene rings is 1. The molecule has 0 spiro atoms. The first-order valence-electron chi connectivity index (χ1n) is 7.32. The van der Waals surface area contributed by atoms with Crippen molar-refractivity contribution in [3.05, 3.63) is 32.2 Å². The number of amides is 1. The van der Waals surface area contributed by atoms with E-state index in [1.54, 1.807) is 6.07 Å². The Morgan fingerprint density at radius 3 is 2.73 bits per heavy atom. The van der Waals surface area contributed by atoms with Crippen LogP contribution in [0, 0.1) is 3.57 Å². The van der Waals surface area contributed by atoms with Crippen LogP contribution in [0.5, 0.6) is 5.75 Å². The maximum Gasteiger partial charge on any atom is 0.266 e. The van der Waals surface area contributed by atoms with Gasteiger partial charge >= 0.3 is 0 Å². The number of rotatable bonds is 2. The van der Waals surface area contributed by atoms with Gasteiger partial charge in [0.05, 0.1) is 8.48 Å². The molecule has 1 heterocycles. The molecule has 1 saturated heterocycles. The van der Waals surface area contributed by atoms with E-state index in [0.717, 1.165) is 22.0 Å². The van der Waals surface area contributed by atoms with E-state index in [-0.39, 0.29) is 17.7 Å². The quantitative estimate of drug-likeness (QED) is 0.413. The average molecular weight is 445 g/mol. The van der Waals surface area contributed by atoms with Crippen molar-refractivity contribution >= 4 is 62.9 Å². The molecule has 3 rings (SSSR count). The zero-order valence-corrected chi connectivity index (χ0v) is 15.7. The first kappa shape index (κ1) is 16.3. The molecule has 3 nitrogen and oxygen atoms in total. The monoisotopic (exact) mass is 445 g/mol. The highest BCUT2D eigenvalue weighted by Crippen LogP contribution is 2.37. The first-order valence-corrected chi connectivity index (χ1v) is 9.62. The molecule has 0 unspecified atom stereocenters. The summed E-state index contributed by atoms with van der Waals surface area (Å²) < 4.78 is 1.45. The van der Waals surface area contributed by atoms with Gasteiger partial charge in [0, 0.05) is 6.04 Å². The van der Waals surface area contributed by atoms with Crippen molar-refractivity contribution in [1.29, 1.82) is 0 Å². The lowest BCUT2D eigenvalue weighted by Crippen LogP contribution is -2.39. The van der Waals surface area contributed by atoms with Gasteiger partial charge in [0.2, 0.25) is 0 Å². The van der Waals surface area contributed by atoms with E-state index < -0.39 is 0 Å². The minimum absolute atomic E-state index is 0.0324. The Bertz CT molecular complexity index is 654. The molecule has 6 heteroatoms. The van der Waals surface area contributed by atoms with Gasteiger partial charge in [-0.2, -0.15) is 0 Å². The second-order valence-corrected chi connectivity index (χ2v) is 8.39. The third-order valence-electron chi connectivity index (χ3n) is 4.03. The molecule has 22 heavy (non-hydrogen) atoms. The molecular weight excluding hydrogens is 429 g/mol. The number of aromatic hydroxyl groups is 1. The smallest absolute Gasteiger partial charge is 0.266 e. The molecule has 0 bridgehead atoms. The molecule has 1 aliphatic carbocycles. The number of phenolic OH excluding ortho intramolecular Hbond substituents is 1. The fourth-order valence-corrected chi connectivity index (χ4v) is 4.84. The van der Waals surface area contributed by atoms with Crippen molar-refractivity contribution in [1.82, 2.24) is 4.90 Å². The third kappa shape index (κ3) is 3.33. The van der Waals surface area contributed by atoms with Crippen molar-refractivity contribution in [3.8, 4) is 5.75 Å². The number of hydrogen-bond donors (Lipinski definition) is 1. The van der Waals surface area contributed by atoms with E-state index in [1.807, 2.05) is 23.1 Å². The van der Waals surface area contributed by atoms with Gasteiger partial charge in [-0.25, -0.2) is 0 Å². The molecule has 2 fully saturated rings. The molecule has 1 amide bonds. The molecule has 1 N–H and O–H groups in total. The van der Waals surface area contributed by atoms with E-state index in [9.17, 15) is 9.90 Å². The summed E-state index contributed by atoms with van der Waals surface area (Å²) in [6, 6.07) is 5.59. The first-order chi connectivity index (χ1) is 10.6. The van der Waals surface area contributed by atoms with Crippen molar-refractivity contribution in [3.63, 3.8) is 0 Å². The van der Waals surface area contributed by atoms with Crippen LogP contribution in [0.25, 0.3) is 6.08 Å². The van der Waals surface area contributed by atoms with Crippen LogP contribution < -0.4 is 0 Å². The molecule has 1 aromatic rings. The lowest BCUT2D eigenvalue weighted by Gasteiger charge is -2.29. The molecule has 116 valence electrons. The average Bonchev–Trinajstić information content (AvgIpc) is 2.78. The summed E-state index contributed by atoms with van der Waals surface area (Å²) in [5, 5.41) is 9.58. The number of nitrogens with zero attached hydrogens (tertiary/aromatic N) is 1. The van der Waals surface area contributed by atoms with Crippen LogP contribution in [-0.4, -0.2) is 26.3 Å². The number of carbonyl (C=O) groups excluding carboxylic acids is 1. The predicted octanol–water partition coefficient (Wildman–Crippen LogP) is 4.53. The standard InChI is InChI=1S/C16H16INO2S2/c17-12-8-10(6-7-13(12)19)9-14-15(20)18(16(21)22-14)11-4-2-1-3-5-11/h6-9,11,19H,1-5H2/b14-9+. The summed E-state index contributed by atoms with van der Waals surface area (Å²) in [6.45, 7) is 0. The van der Waals surface area contributed by atoms with Gasteiger partial charge in [-0.1, -0.05) is 49.3 Å². The Balaban J connectivity index is 1.83. The third-order valence-corrected chi connectivity index (χ3v) is 6.23. The normalized spacial score (nSPS) is 21.9. The molecular formula is C16H16INO2S2. The maximum atomic E-state index is 12.7. The van der Waals surface area contributed by atoms with Crippen molar-refractivity contribution in [2.45, 2.75) is 38.1 Å². The SMILES string of the molecule is O=C1/C(=C\c2ccc(O)c(I)c2)SC(=S)N1C1CCCCC1. The largest absolute Gasteiger partial charge is 0.507 e. The lowest BCUT2D eigenvalue weighted by molar-refractivity contribution is -0.124. The van der Waals surface area contributed by atoms with Gasteiger partial charge in [-0.3, -0.25) is 9.69 Å². The summed E-state index contributed by atoms with van der Waals surface area (Å²) in [4.78, 5) is 15.2. The summed E-state index contributed by atoms with van der Waals surface area (Å²) in [7, 11) is 0. The zero-order chi connectivity index (χ0) is 15.7. The minimum Gasteiger partial charge on any atom is -0.507 e. The molecule has 1 aliphatic heterocycles. The lowest BCUT2D eigenvalue weighted by atomic mass is 9.94. The van der Waals surface area contributed by atoms with Crippen LogP contribution in [0.4, 0.5) is 0 Å². The summed E-state index contributed by atoms with van der Waals surface area (Å²) >= 11 is 8.89. The highest BCUT2D eigenvalue weighted by molar-refractivity contribution is 14.1. The topological polar surface area (TPSA) is 40.5 Å². The highest BCUT2D eigenvalue weighted by Gasteiger charge is 2.37. The zero-order valence-electron chi connectivity index (χ0n) is 11.9. The van der Waals surface area contributed by atoms with Crippen LogP contribution in [0.1, 0.15) is 37.7 Å². The van der Waals surface area contributed by atoms with Gasteiger partial charge in [0.25, 0.3) is 5.91 Å². The van der Waals surface area contributed by atoms with E-state index in [4.69, 9.17) is 12.2 Å². The fourth-order valence-electron chi connectivity index (χ4n) is 2.90. The minimum atomic E-state index is 0.0324. The Kier molecular flexibility index (Phi) is 5.09. The van der Waals surface area contributed by atoms with E-state index in [2.05, 4.69) is 22.6 Å². The van der Waals surface area contributed by atoms with Gasteiger partial charge in [-0.05, 0) is 59.2 Å². The fraction of sp³-hybridized carbons (Fsp3) is 0.375. The number of halogens is 1. The number of thiocarbonyl (C=S) groups is 1. The van der Waals surface area contributed by atoms with Crippen LogP contribution in [0.15, 0.2) is 23.1 Å². The number of hydrogen-bond acceptors (Lipinski definition) is 4. The molecule has 2 aliphatic rings. The van der Waals surface area contributed by atoms with Crippen molar-refractivity contribution < 1.29 is 9.90 Å². The van der Waals surface area contributed by atoms with Crippen molar-refractivity contribution in [2.24, 2.45) is 0 Å². The number of carbonyl (C=O) groups is 1.